The first-order valence-corrected chi connectivity index (χ1v) is 6.68. The van der Waals surface area contributed by atoms with E-state index in [1.54, 1.807) is 6.07 Å². The average Bonchev–Trinajstić information content (AvgIpc) is 2.33. The molecule has 18 heavy (non-hydrogen) atoms. The van der Waals surface area contributed by atoms with Crippen LogP contribution in [0.4, 0.5) is 10.1 Å². The number of rotatable bonds is 3. The van der Waals surface area contributed by atoms with Gasteiger partial charge in [-0.1, -0.05) is 39.7 Å². The highest BCUT2D eigenvalue weighted by molar-refractivity contribution is 9.10. The zero-order valence-electron chi connectivity index (χ0n) is 9.81. The Hall–Kier alpha value is -1.06. The lowest BCUT2D eigenvalue weighted by Gasteiger charge is -2.12. The molecule has 0 heterocycles. The molecule has 2 rings (SSSR count). The van der Waals surface area contributed by atoms with Crippen LogP contribution in [0.25, 0.3) is 0 Å². The van der Waals surface area contributed by atoms with Crippen LogP contribution in [-0.4, -0.2) is 0 Å². The Labute approximate surface area is 119 Å². The second kappa shape index (κ2) is 5.72. The van der Waals surface area contributed by atoms with Crippen molar-refractivity contribution in [1.82, 2.24) is 0 Å². The summed E-state index contributed by atoms with van der Waals surface area (Å²) >= 11 is 9.52. The standard InChI is InChI=1S/C14H12BrClFN/c1-9-3-2-4-13(16)14(9)18-8-10-7-11(17)5-6-12(10)15/h2-7,18H,8H2,1H3. The highest BCUT2D eigenvalue weighted by atomic mass is 79.9. The van der Waals surface area contributed by atoms with Crippen molar-refractivity contribution in [2.75, 3.05) is 5.32 Å². The Morgan fingerprint density at radius 1 is 1.28 bits per heavy atom. The second-order valence-electron chi connectivity index (χ2n) is 4.02. The molecular weight excluding hydrogens is 317 g/mol. The quantitative estimate of drug-likeness (QED) is 0.820. The minimum atomic E-state index is -0.245. The van der Waals surface area contributed by atoms with E-state index in [9.17, 15) is 4.39 Å². The summed E-state index contributed by atoms with van der Waals surface area (Å²) < 4.78 is 14.0. The van der Waals surface area contributed by atoms with E-state index >= 15 is 0 Å². The number of benzene rings is 2. The summed E-state index contributed by atoms with van der Waals surface area (Å²) in [6.45, 7) is 2.50. The third-order valence-electron chi connectivity index (χ3n) is 2.69. The smallest absolute Gasteiger partial charge is 0.123 e. The molecule has 1 N–H and O–H groups in total. The first-order chi connectivity index (χ1) is 8.58. The van der Waals surface area contributed by atoms with Gasteiger partial charge in [0.25, 0.3) is 0 Å². The van der Waals surface area contributed by atoms with Crippen LogP contribution in [0.15, 0.2) is 40.9 Å². The predicted octanol–water partition coefficient (Wildman–Crippen LogP) is 5.16. The lowest BCUT2D eigenvalue weighted by Crippen LogP contribution is -2.02. The summed E-state index contributed by atoms with van der Waals surface area (Å²) in [5.41, 5.74) is 2.81. The van der Waals surface area contributed by atoms with Crippen molar-refractivity contribution in [3.63, 3.8) is 0 Å². The summed E-state index contributed by atoms with van der Waals surface area (Å²) in [5, 5.41) is 3.91. The molecule has 0 saturated carbocycles. The summed E-state index contributed by atoms with van der Waals surface area (Å²) in [5.74, 6) is -0.245. The maximum absolute atomic E-state index is 13.2. The molecule has 0 fully saturated rings. The maximum atomic E-state index is 13.2. The van der Waals surface area contributed by atoms with E-state index in [-0.39, 0.29) is 5.82 Å². The number of aryl methyl sites for hydroxylation is 1. The van der Waals surface area contributed by atoms with E-state index in [4.69, 9.17) is 11.6 Å². The molecule has 0 unspecified atom stereocenters. The molecule has 94 valence electrons. The molecule has 0 aliphatic carbocycles. The fourth-order valence-corrected chi connectivity index (χ4v) is 2.39. The van der Waals surface area contributed by atoms with Crippen molar-refractivity contribution in [3.8, 4) is 0 Å². The number of halogens is 3. The van der Waals surface area contributed by atoms with Crippen molar-refractivity contribution in [2.24, 2.45) is 0 Å². The van der Waals surface area contributed by atoms with Crippen LogP contribution in [0, 0.1) is 12.7 Å². The van der Waals surface area contributed by atoms with E-state index in [1.165, 1.54) is 12.1 Å². The van der Waals surface area contributed by atoms with Gasteiger partial charge >= 0.3 is 0 Å². The minimum absolute atomic E-state index is 0.245. The number of anilines is 1. The van der Waals surface area contributed by atoms with E-state index in [1.807, 2.05) is 25.1 Å². The van der Waals surface area contributed by atoms with Crippen LogP contribution in [-0.2, 0) is 6.54 Å². The first kappa shape index (κ1) is 13.4. The Morgan fingerprint density at radius 2 is 2.06 bits per heavy atom. The topological polar surface area (TPSA) is 12.0 Å². The van der Waals surface area contributed by atoms with Crippen LogP contribution in [0.2, 0.25) is 5.02 Å². The van der Waals surface area contributed by atoms with Crippen molar-refractivity contribution >= 4 is 33.2 Å². The van der Waals surface area contributed by atoms with Crippen LogP contribution in [0.5, 0.6) is 0 Å². The number of hydrogen-bond donors (Lipinski definition) is 1. The molecule has 0 aromatic heterocycles. The Bertz CT molecular complexity index is 551. The van der Waals surface area contributed by atoms with Gasteiger partial charge in [-0.2, -0.15) is 0 Å². The van der Waals surface area contributed by atoms with Gasteiger partial charge in [-0.25, -0.2) is 4.39 Å². The van der Waals surface area contributed by atoms with E-state index in [0.717, 1.165) is 21.3 Å². The monoisotopic (exact) mass is 327 g/mol. The highest BCUT2D eigenvalue weighted by Gasteiger charge is 2.05. The van der Waals surface area contributed by atoms with Gasteiger partial charge < -0.3 is 5.32 Å². The molecule has 0 radical (unpaired) electrons. The molecule has 0 amide bonds. The summed E-state index contributed by atoms with van der Waals surface area (Å²) in [6, 6.07) is 10.3. The average molecular weight is 329 g/mol. The number of hydrogen-bond acceptors (Lipinski definition) is 1. The van der Waals surface area contributed by atoms with Crippen molar-refractivity contribution in [1.29, 1.82) is 0 Å². The molecule has 0 saturated heterocycles. The van der Waals surface area contributed by atoms with Crippen LogP contribution in [0.3, 0.4) is 0 Å². The summed E-state index contributed by atoms with van der Waals surface area (Å²) in [4.78, 5) is 0. The molecule has 0 atom stereocenters. The molecule has 0 aliphatic rings. The first-order valence-electron chi connectivity index (χ1n) is 5.51. The zero-order valence-corrected chi connectivity index (χ0v) is 12.1. The predicted molar refractivity (Wildman–Crippen MR) is 77.6 cm³/mol. The van der Waals surface area contributed by atoms with Gasteiger partial charge in [-0.3, -0.25) is 0 Å². The normalized spacial score (nSPS) is 10.4. The van der Waals surface area contributed by atoms with Gasteiger partial charge in [-0.05, 0) is 42.3 Å². The van der Waals surface area contributed by atoms with E-state index in [2.05, 4.69) is 21.2 Å². The Balaban J connectivity index is 2.19. The molecule has 0 aliphatic heterocycles. The Morgan fingerprint density at radius 3 is 2.78 bits per heavy atom. The molecule has 0 spiro atoms. The molecule has 0 bridgehead atoms. The fourth-order valence-electron chi connectivity index (χ4n) is 1.72. The lowest BCUT2D eigenvalue weighted by molar-refractivity contribution is 0.625. The van der Waals surface area contributed by atoms with Gasteiger partial charge in [0.1, 0.15) is 5.82 Å². The number of para-hydroxylation sites is 1. The van der Waals surface area contributed by atoms with Crippen molar-refractivity contribution < 1.29 is 4.39 Å². The lowest BCUT2D eigenvalue weighted by atomic mass is 10.1. The molecular formula is C14H12BrClFN. The zero-order chi connectivity index (χ0) is 13.1. The second-order valence-corrected chi connectivity index (χ2v) is 5.28. The van der Waals surface area contributed by atoms with Gasteiger partial charge in [0.2, 0.25) is 0 Å². The third-order valence-corrected chi connectivity index (χ3v) is 3.77. The van der Waals surface area contributed by atoms with Gasteiger partial charge in [0, 0.05) is 11.0 Å². The fraction of sp³-hybridized carbons (Fsp3) is 0.143. The van der Waals surface area contributed by atoms with Crippen LogP contribution in [0.1, 0.15) is 11.1 Å². The molecule has 2 aromatic carbocycles. The van der Waals surface area contributed by atoms with Gasteiger partial charge in [0.05, 0.1) is 10.7 Å². The van der Waals surface area contributed by atoms with Gasteiger partial charge in [0.15, 0.2) is 0 Å². The summed E-state index contributed by atoms with van der Waals surface area (Å²) in [6.07, 6.45) is 0. The van der Waals surface area contributed by atoms with E-state index < -0.39 is 0 Å². The Kier molecular flexibility index (Phi) is 4.25. The largest absolute Gasteiger partial charge is 0.380 e. The SMILES string of the molecule is Cc1cccc(Cl)c1NCc1cc(F)ccc1Br. The third kappa shape index (κ3) is 3.03. The van der Waals surface area contributed by atoms with E-state index in [0.29, 0.717) is 11.6 Å². The molecule has 4 heteroatoms. The minimum Gasteiger partial charge on any atom is -0.380 e. The van der Waals surface area contributed by atoms with Crippen molar-refractivity contribution in [2.45, 2.75) is 13.5 Å². The van der Waals surface area contributed by atoms with Crippen molar-refractivity contribution in [3.05, 3.63) is 62.8 Å². The van der Waals surface area contributed by atoms with Crippen LogP contribution >= 0.6 is 27.5 Å². The summed E-state index contributed by atoms with van der Waals surface area (Å²) in [7, 11) is 0. The number of nitrogens with one attached hydrogen (secondary N) is 1. The molecule has 1 nitrogen and oxygen atoms in total. The van der Waals surface area contributed by atoms with Crippen LogP contribution < -0.4 is 5.32 Å². The maximum Gasteiger partial charge on any atom is 0.123 e. The van der Waals surface area contributed by atoms with Gasteiger partial charge in [-0.15, -0.1) is 0 Å². The highest BCUT2D eigenvalue weighted by Crippen LogP contribution is 2.27. The molecule has 2 aromatic rings.